The number of hydrogen-bond acceptors (Lipinski definition) is 1. The van der Waals surface area contributed by atoms with Gasteiger partial charge in [-0.15, -0.1) is 0 Å². The zero-order valence-electron chi connectivity index (χ0n) is 17.1. The van der Waals surface area contributed by atoms with Crippen LogP contribution in [-0.4, -0.2) is 6.61 Å². The molecule has 1 aromatic rings. The summed E-state index contributed by atoms with van der Waals surface area (Å²) in [4.78, 5) is 0. The predicted octanol–water partition coefficient (Wildman–Crippen LogP) is 7.63. The normalized spacial score (nSPS) is 28.9. The second-order valence-electron chi connectivity index (χ2n) is 8.80. The van der Waals surface area contributed by atoms with Gasteiger partial charge in [0.25, 0.3) is 0 Å². The first-order valence-corrected chi connectivity index (χ1v) is 11.2. The van der Waals surface area contributed by atoms with Crippen LogP contribution in [0.5, 0.6) is 5.75 Å². The van der Waals surface area contributed by atoms with Gasteiger partial charge in [-0.3, -0.25) is 0 Å². The lowest BCUT2D eigenvalue weighted by Crippen LogP contribution is -2.18. The molecule has 1 nitrogen and oxygen atoms in total. The third-order valence-electron chi connectivity index (χ3n) is 7.19. The average molecular weight is 379 g/mol. The standard InChI is InChI=1S/C24H36F2O/c1-3-17-5-7-18(8-6-17)9-10-19-11-13-20(14-12-19)21-15-16-22(27-4-2)24(26)23(21)25/h15-20H,3-14H2,1-2H3. The van der Waals surface area contributed by atoms with E-state index in [1.54, 1.807) is 19.1 Å². The molecule has 27 heavy (non-hydrogen) atoms. The second kappa shape index (κ2) is 9.89. The highest BCUT2D eigenvalue weighted by Gasteiger charge is 2.27. The summed E-state index contributed by atoms with van der Waals surface area (Å²) in [6, 6.07) is 3.33. The van der Waals surface area contributed by atoms with Crippen LogP contribution >= 0.6 is 0 Å². The molecule has 2 fully saturated rings. The van der Waals surface area contributed by atoms with Crippen molar-refractivity contribution < 1.29 is 13.5 Å². The lowest BCUT2D eigenvalue weighted by Gasteiger charge is -2.32. The summed E-state index contributed by atoms with van der Waals surface area (Å²) in [5.41, 5.74) is 0.548. The average Bonchev–Trinajstić information content (AvgIpc) is 2.71. The number of hydrogen-bond donors (Lipinski definition) is 0. The Morgan fingerprint density at radius 3 is 1.89 bits per heavy atom. The van der Waals surface area contributed by atoms with E-state index in [1.165, 1.54) is 44.9 Å². The molecule has 2 aliphatic carbocycles. The van der Waals surface area contributed by atoms with E-state index in [1.807, 2.05) is 0 Å². The molecular weight excluding hydrogens is 342 g/mol. The summed E-state index contributed by atoms with van der Waals surface area (Å²) >= 11 is 0. The molecule has 0 N–H and O–H groups in total. The van der Waals surface area contributed by atoms with E-state index in [9.17, 15) is 8.78 Å². The summed E-state index contributed by atoms with van der Waals surface area (Å²) in [6.07, 6.45) is 14.0. The summed E-state index contributed by atoms with van der Waals surface area (Å²) in [5.74, 6) is 1.36. The van der Waals surface area contributed by atoms with Crippen LogP contribution in [0.4, 0.5) is 8.78 Å². The Bertz CT molecular complexity index is 584. The molecule has 0 atom stereocenters. The maximum Gasteiger partial charge on any atom is 0.200 e. The number of halogens is 2. The van der Waals surface area contributed by atoms with E-state index < -0.39 is 11.6 Å². The number of benzene rings is 1. The molecule has 152 valence electrons. The third kappa shape index (κ3) is 5.23. The van der Waals surface area contributed by atoms with Gasteiger partial charge in [0.05, 0.1) is 6.61 Å². The van der Waals surface area contributed by atoms with E-state index in [0.29, 0.717) is 12.2 Å². The van der Waals surface area contributed by atoms with E-state index in [4.69, 9.17) is 4.74 Å². The molecule has 0 bridgehead atoms. The predicted molar refractivity (Wildman–Crippen MR) is 107 cm³/mol. The zero-order valence-corrected chi connectivity index (χ0v) is 17.1. The first-order chi connectivity index (χ1) is 13.1. The van der Waals surface area contributed by atoms with Gasteiger partial charge in [-0.2, -0.15) is 4.39 Å². The summed E-state index contributed by atoms with van der Waals surface area (Å²) < 4.78 is 33.8. The van der Waals surface area contributed by atoms with Crippen LogP contribution in [0.3, 0.4) is 0 Å². The highest BCUT2D eigenvalue weighted by atomic mass is 19.2. The minimum absolute atomic E-state index is 0.0326. The number of ether oxygens (including phenoxy) is 1. The van der Waals surface area contributed by atoms with Crippen LogP contribution in [0.1, 0.15) is 96.0 Å². The molecule has 3 heteroatoms. The van der Waals surface area contributed by atoms with Gasteiger partial charge in [0.15, 0.2) is 11.6 Å². The molecule has 0 unspecified atom stereocenters. The van der Waals surface area contributed by atoms with Crippen LogP contribution in [0.2, 0.25) is 0 Å². The first-order valence-electron chi connectivity index (χ1n) is 11.2. The summed E-state index contributed by atoms with van der Waals surface area (Å²) in [5, 5.41) is 0. The van der Waals surface area contributed by atoms with Gasteiger partial charge in [0, 0.05) is 0 Å². The molecule has 0 heterocycles. The molecule has 1 aromatic carbocycles. The lowest BCUT2D eigenvalue weighted by molar-refractivity contribution is 0.227. The fraction of sp³-hybridized carbons (Fsp3) is 0.750. The van der Waals surface area contributed by atoms with Crippen LogP contribution in [0, 0.1) is 29.4 Å². The monoisotopic (exact) mass is 378 g/mol. The van der Waals surface area contributed by atoms with Crippen molar-refractivity contribution in [2.75, 3.05) is 6.61 Å². The van der Waals surface area contributed by atoms with Crippen LogP contribution in [-0.2, 0) is 0 Å². The molecule has 2 aliphatic rings. The maximum absolute atomic E-state index is 14.5. The van der Waals surface area contributed by atoms with Crippen molar-refractivity contribution in [1.29, 1.82) is 0 Å². The van der Waals surface area contributed by atoms with Crippen LogP contribution < -0.4 is 4.74 Å². The SMILES string of the molecule is CCOc1ccc(C2CCC(CCC3CCC(CC)CC3)CC2)c(F)c1F. The fourth-order valence-electron chi connectivity index (χ4n) is 5.29. The minimum atomic E-state index is -0.820. The Morgan fingerprint density at radius 2 is 1.33 bits per heavy atom. The minimum Gasteiger partial charge on any atom is -0.491 e. The Hall–Kier alpha value is -1.12. The highest BCUT2D eigenvalue weighted by molar-refractivity contribution is 5.33. The maximum atomic E-state index is 14.5. The molecule has 3 rings (SSSR count). The fourth-order valence-corrected chi connectivity index (χ4v) is 5.29. The molecule has 2 saturated carbocycles. The van der Waals surface area contributed by atoms with Crippen LogP contribution in [0.25, 0.3) is 0 Å². The smallest absolute Gasteiger partial charge is 0.200 e. The van der Waals surface area contributed by atoms with Gasteiger partial charge < -0.3 is 4.74 Å². The van der Waals surface area contributed by atoms with Gasteiger partial charge in [0.1, 0.15) is 0 Å². The Kier molecular flexibility index (Phi) is 7.55. The lowest BCUT2D eigenvalue weighted by atomic mass is 9.74. The topological polar surface area (TPSA) is 9.23 Å². The molecular formula is C24H36F2O. The van der Waals surface area contributed by atoms with Crippen molar-refractivity contribution in [3.63, 3.8) is 0 Å². The molecule has 0 amide bonds. The first kappa shape index (κ1) is 20.6. The van der Waals surface area contributed by atoms with Crippen LogP contribution in [0.15, 0.2) is 12.1 Å². The highest BCUT2D eigenvalue weighted by Crippen LogP contribution is 2.41. The van der Waals surface area contributed by atoms with Gasteiger partial charge in [-0.05, 0) is 67.9 Å². The van der Waals surface area contributed by atoms with Crippen molar-refractivity contribution in [1.82, 2.24) is 0 Å². The van der Waals surface area contributed by atoms with Gasteiger partial charge in [0.2, 0.25) is 5.82 Å². The van der Waals surface area contributed by atoms with Crippen molar-refractivity contribution in [2.24, 2.45) is 17.8 Å². The van der Waals surface area contributed by atoms with Crippen molar-refractivity contribution >= 4 is 0 Å². The molecule has 0 saturated heterocycles. The third-order valence-corrected chi connectivity index (χ3v) is 7.19. The summed E-state index contributed by atoms with van der Waals surface area (Å²) in [7, 11) is 0. The van der Waals surface area contributed by atoms with E-state index in [-0.39, 0.29) is 11.7 Å². The Balaban J connectivity index is 1.46. The number of rotatable bonds is 7. The Labute approximate surface area is 163 Å². The van der Waals surface area contributed by atoms with E-state index in [0.717, 1.165) is 43.4 Å². The Morgan fingerprint density at radius 1 is 0.778 bits per heavy atom. The van der Waals surface area contributed by atoms with E-state index >= 15 is 0 Å². The molecule has 0 aromatic heterocycles. The molecule has 0 spiro atoms. The van der Waals surface area contributed by atoms with Crippen molar-refractivity contribution in [2.45, 2.75) is 90.4 Å². The quantitative estimate of drug-likeness (QED) is 0.474. The van der Waals surface area contributed by atoms with Gasteiger partial charge in [-0.25, -0.2) is 4.39 Å². The largest absolute Gasteiger partial charge is 0.491 e. The van der Waals surface area contributed by atoms with E-state index in [2.05, 4.69) is 6.92 Å². The molecule has 0 aliphatic heterocycles. The van der Waals surface area contributed by atoms with Crippen molar-refractivity contribution in [3.05, 3.63) is 29.3 Å². The van der Waals surface area contributed by atoms with Gasteiger partial charge in [-0.1, -0.05) is 57.9 Å². The van der Waals surface area contributed by atoms with Crippen molar-refractivity contribution in [3.8, 4) is 5.75 Å². The van der Waals surface area contributed by atoms with Gasteiger partial charge >= 0.3 is 0 Å². The molecule has 0 radical (unpaired) electrons. The zero-order chi connectivity index (χ0) is 19.2. The summed E-state index contributed by atoms with van der Waals surface area (Å²) in [6.45, 7) is 4.45. The second-order valence-corrected chi connectivity index (χ2v) is 8.80.